The Morgan fingerprint density at radius 1 is 1.39 bits per heavy atom. The molecule has 0 saturated carbocycles. The minimum atomic E-state index is -0.295. The molecule has 0 spiro atoms. The van der Waals surface area contributed by atoms with E-state index in [0.717, 1.165) is 18.4 Å². The van der Waals surface area contributed by atoms with Crippen molar-refractivity contribution >= 4 is 0 Å². The summed E-state index contributed by atoms with van der Waals surface area (Å²) in [5.41, 5.74) is 10.8. The molecule has 0 aromatic carbocycles. The first-order valence-corrected chi connectivity index (χ1v) is 8.75. The molecular formula is C19H29N3O. The lowest BCUT2D eigenvalue weighted by Crippen LogP contribution is -2.47. The largest absolute Gasteiger partial charge is 0.388 e. The second-order valence-electron chi connectivity index (χ2n) is 7.15. The second-order valence-corrected chi connectivity index (χ2v) is 7.15. The predicted molar refractivity (Wildman–Crippen MR) is 94.5 cm³/mol. The fraction of sp³-hybridized carbons (Fsp3) is 0.579. The van der Waals surface area contributed by atoms with E-state index < -0.39 is 0 Å². The van der Waals surface area contributed by atoms with Crippen LogP contribution in [0.2, 0.25) is 0 Å². The van der Waals surface area contributed by atoms with E-state index in [1.807, 2.05) is 6.92 Å². The fourth-order valence-corrected chi connectivity index (χ4v) is 3.75. The molecule has 4 nitrogen and oxygen atoms in total. The number of rotatable bonds is 5. The van der Waals surface area contributed by atoms with Crippen LogP contribution in [0.5, 0.6) is 0 Å². The summed E-state index contributed by atoms with van der Waals surface area (Å²) < 4.78 is 0. The van der Waals surface area contributed by atoms with Crippen molar-refractivity contribution < 1.29 is 5.11 Å². The minimum absolute atomic E-state index is 0.288. The SMILES string of the molecule is CCC(CN)NC1=CC(C2C=C(C)C(O)C(C)C2)=CC2=CNC21. The van der Waals surface area contributed by atoms with Gasteiger partial charge in [-0.1, -0.05) is 26.0 Å². The summed E-state index contributed by atoms with van der Waals surface area (Å²) in [5.74, 6) is 0.681. The zero-order valence-corrected chi connectivity index (χ0v) is 14.3. The second kappa shape index (κ2) is 6.54. The van der Waals surface area contributed by atoms with E-state index in [4.69, 9.17) is 5.73 Å². The Labute approximate surface area is 139 Å². The highest BCUT2D eigenvalue weighted by molar-refractivity contribution is 5.51. The van der Waals surface area contributed by atoms with E-state index in [1.165, 1.54) is 16.8 Å². The average Bonchev–Trinajstić information content (AvgIpc) is 2.51. The number of nitrogens with one attached hydrogen (secondary N) is 2. The molecule has 0 bridgehead atoms. The van der Waals surface area contributed by atoms with Gasteiger partial charge in [0, 0.05) is 30.4 Å². The predicted octanol–water partition coefficient (Wildman–Crippen LogP) is 1.96. The summed E-state index contributed by atoms with van der Waals surface area (Å²) in [6.07, 6.45) is 10.6. The highest BCUT2D eigenvalue weighted by Crippen LogP contribution is 2.37. The fourth-order valence-electron chi connectivity index (χ4n) is 3.75. The van der Waals surface area contributed by atoms with E-state index in [9.17, 15) is 5.11 Å². The van der Waals surface area contributed by atoms with Crippen LogP contribution in [-0.4, -0.2) is 29.8 Å². The summed E-state index contributed by atoms with van der Waals surface area (Å²) >= 11 is 0. The maximum absolute atomic E-state index is 10.2. The van der Waals surface area contributed by atoms with Gasteiger partial charge in [0.25, 0.3) is 0 Å². The van der Waals surface area contributed by atoms with Crippen LogP contribution in [0.3, 0.4) is 0 Å². The number of allylic oxidation sites excluding steroid dienone is 3. The number of hydrogen-bond donors (Lipinski definition) is 4. The molecule has 5 N–H and O–H groups in total. The van der Waals surface area contributed by atoms with Crippen molar-refractivity contribution in [1.82, 2.24) is 10.6 Å². The molecule has 1 aliphatic heterocycles. The van der Waals surface area contributed by atoms with Crippen molar-refractivity contribution in [1.29, 1.82) is 0 Å². The van der Waals surface area contributed by atoms with Gasteiger partial charge in [0.05, 0.1) is 12.1 Å². The quantitative estimate of drug-likeness (QED) is 0.585. The lowest BCUT2D eigenvalue weighted by molar-refractivity contribution is 0.131. The topological polar surface area (TPSA) is 70.3 Å². The maximum atomic E-state index is 10.2. The van der Waals surface area contributed by atoms with Gasteiger partial charge in [-0.05, 0) is 48.5 Å². The molecule has 3 rings (SSSR count). The Hall–Kier alpha value is -1.52. The van der Waals surface area contributed by atoms with Gasteiger partial charge in [-0.3, -0.25) is 0 Å². The number of fused-ring (bicyclic) bond motifs is 1. The van der Waals surface area contributed by atoms with Crippen molar-refractivity contribution in [2.75, 3.05) is 6.54 Å². The third kappa shape index (κ3) is 3.10. The van der Waals surface area contributed by atoms with Gasteiger partial charge < -0.3 is 21.5 Å². The Kier molecular flexibility index (Phi) is 4.64. The summed E-state index contributed by atoms with van der Waals surface area (Å²) in [7, 11) is 0. The van der Waals surface area contributed by atoms with Crippen LogP contribution < -0.4 is 16.4 Å². The first-order chi connectivity index (χ1) is 11.0. The molecule has 126 valence electrons. The summed E-state index contributed by atoms with van der Waals surface area (Å²) in [4.78, 5) is 0. The van der Waals surface area contributed by atoms with Gasteiger partial charge in [0.1, 0.15) is 0 Å². The first-order valence-electron chi connectivity index (χ1n) is 8.75. The molecule has 0 aromatic rings. The first kappa shape index (κ1) is 16.3. The molecule has 23 heavy (non-hydrogen) atoms. The van der Waals surface area contributed by atoms with Crippen LogP contribution in [-0.2, 0) is 0 Å². The lowest BCUT2D eigenvalue weighted by Gasteiger charge is -2.38. The van der Waals surface area contributed by atoms with Crippen LogP contribution in [0.15, 0.2) is 46.8 Å². The van der Waals surface area contributed by atoms with Crippen LogP contribution >= 0.6 is 0 Å². The van der Waals surface area contributed by atoms with Crippen molar-refractivity contribution in [2.24, 2.45) is 17.6 Å². The molecule has 0 amide bonds. The van der Waals surface area contributed by atoms with Crippen molar-refractivity contribution in [2.45, 2.75) is 51.8 Å². The molecule has 2 aliphatic carbocycles. The maximum Gasteiger partial charge on any atom is 0.0924 e. The number of nitrogens with two attached hydrogens (primary N) is 1. The molecule has 4 heteroatoms. The van der Waals surface area contributed by atoms with E-state index in [1.54, 1.807) is 0 Å². The summed E-state index contributed by atoms with van der Waals surface area (Å²) in [6, 6.07) is 0.602. The van der Waals surface area contributed by atoms with E-state index >= 15 is 0 Å². The van der Waals surface area contributed by atoms with Gasteiger partial charge in [-0.25, -0.2) is 0 Å². The number of hydrogen-bond acceptors (Lipinski definition) is 4. The Balaban J connectivity index is 1.84. The Morgan fingerprint density at radius 3 is 2.74 bits per heavy atom. The third-order valence-electron chi connectivity index (χ3n) is 5.39. The smallest absolute Gasteiger partial charge is 0.0924 e. The van der Waals surface area contributed by atoms with Crippen LogP contribution in [0.4, 0.5) is 0 Å². The van der Waals surface area contributed by atoms with Crippen LogP contribution in [0.1, 0.15) is 33.6 Å². The van der Waals surface area contributed by atoms with Crippen LogP contribution in [0, 0.1) is 11.8 Å². The lowest BCUT2D eigenvalue weighted by atomic mass is 9.75. The molecule has 5 unspecified atom stereocenters. The summed E-state index contributed by atoms with van der Waals surface area (Å²) in [6.45, 7) is 6.97. The van der Waals surface area contributed by atoms with E-state index in [0.29, 0.717) is 24.4 Å². The zero-order chi connectivity index (χ0) is 16.6. The molecule has 0 aromatic heterocycles. The highest BCUT2D eigenvalue weighted by atomic mass is 16.3. The number of aliphatic hydroxyl groups excluding tert-OH is 1. The van der Waals surface area contributed by atoms with Gasteiger partial charge >= 0.3 is 0 Å². The molecule has 0 saturated heterocycles. The standard InChI is InChI=1S/C19H29N3O/c1-4-16(9-20)22-17-8-14(7-15-10-21-18(15)17)13-5-11(2)19(23)12(3)6-13/h5,7-8,10,12-13,16,18-19,21-23H,4,6,9,20H2,1-3H3. The molecule has 5 atom stereocenters. The highest BCUT2D eigenvalue weighted by Gasteiger charge is 2.32. The average molecular weight is 315 g/mol. The third-order valence-corrected chi connectivity index (χ3v) is 5.39. The van der Waals surface area contributed by atoms with Gasteiger partial charge in [0.2, 0.25) is 0 Å². The van der Waals surface area contributed by atoms with Crippen molar-refractivity contribution in [3.05, 3.63) is 46.8 Å². The monoisotopic (exact) mass is 315 g/mol. The Morgan fingerprint density at radius 2 is 2.17 bits per heavy atom. The van der Waals surface area contributed by atoms with Crippen LogP contribution in [0.25, 0.3) is 0 Å². The molecule has 3 aliphatic rings. The van der Waals surface area contributed by atoms with Gasteiger partial charge in [-0.15, -0.1) is 0 Å². The number of aliphatic hydroxyl groups is 1. The molecule has 0 fully saturated rings. The molecule has 0 radical (unpaired) electrons. The normalized spacial score (nSPS) is 34.0. The van der Waals surface area contributed by atoms with Gasteiger partial charge in [0.15, 0.2) is 0 Å². The van der Waals surface area contributed by atoms with Gasteiger partial charge in [-0.2, -0.15) is 0 Å². The molecular weight excluding hydrogens is 286 g/mol. The van der Waals surface area contributed by atoms with Crippen molar-refractivity contribution in [3.8, 4) is 0 Å². The summed E-state index contributed by atoms with van der Waals surface area (Å²) in [5, 5.41) is 17.1. The minimum Gasteiger partial charge on any atom is -0.388 e. The zero-order valence-electron chi connectivity index (χ0n) is 14.3. The Bertz CT molecular complexity index is 583. The molecule has 1 heterocycles. The van der Waals surface area contributed by atoms with E-state index in [2.05, 4.69) is 48.9 Å². The van der Waals surface area contributed by atoms with E-state index in [-0.39, 0.29) is 12.1 Å². The van der Waals surface area contributed by atoms with Crippen molar-refractivity contribution in [3.63, 3.8) is 0 Å².